The van der Waals surface area contributed by atoms with Gasteiger partial charge < -0.3 is 28.8 Å². The van der Waals surface area contributed by atoms with Crippen LogP contribution in [0.2, 0.25) is 0 Å². The Morgan fingerprint density at radius 3 is 1.16 bits per heavy atom. The Balaban J connectivity index is 4.32. The molecule has 458 valence electrons. The lowest BCUT2D eigenvalue weighted by Gasteiger charge is -2.29. The highest BCUT2D eigenvalue weighted by molar-refractivity contribution is 7.45. The van der Waals surface area contributed by atoms with Crippen molar-refractivity contribution in [1.82, 2.24) is 5.32 Å². The fraction of sp³-hybridized carbons (Fsp3) is 0.676. The molecule has 0 rings (SSSR count). The molecule has 80 heavy (non-hydrogen) atoms. The summed E-state index contributed by atoms with van der Waals surface area (Å²) in [6.07, 6.45) is 91.4. The number of unbranched alkanes of at least 4 members (excludes halogenated alkanes) is 25. The van der Waals surface area contributed by atoms with E-state index in [1.54, 1.807) is 6.08 Å². The van der Waals surface area contributed by atoms with Crippen LogP contribution in [0.4, 0.5) is 0 Å². The van der Waals surface area contributed by atoms with E-state index < -0.39 is 26.6 Å². The fourth-order valence-corrected chi connectivity index (χ4v) is 9.54. The molecule has 9 heteroatoms. The zero-order chi connectivity index (χ0) is 58.4. The Hall–Kier alpha value is -3.36. The molecule has 0 saturated heterocycles. The largest absolute Gasteiger partial charge is 0.756 e. The number of likely N-dealkylation sites (N-methyl/N-ethyl adjacent to an activating group) is 1. The van der Waals surface area contributed by atoms with Crippen LogP contribution in [0.5, 0.6) is 0 Å². The number of rotatable bonds is 58. The van der Waals surface area contributed by atoms with E-state index in [1.165, 1.54) is 148 Å². The zero-order valence-corrected chi connectivity index (χ0v) is 53.1. The van der Waals surface area contributed by atoms with Gasteiger partial charge in [-0.25, -0.2) is 0 Å². The van der Waals surface area contributed by atoms with Crippen LogP contribution in [0.3, 0.4) is 0 Å². The number of allylic oxidation sites excluding steroid dienone is 21. The van der Waals surface area contributed by atoms with Gasteiger partial charge in [-0.3, -0.25) is 9.36 Å². The van der Waals surface area contributed by atoms with Gasteiger partial charge >= 0.3 is 0 Å². The molecule has 1 amide bonds. The molecule has 0 aliphatic heterocycles. The first kappa shape index (κ1) is 76.6. The smallest absolute Gasteiger partial charge is 0.268 e. The van der Waals surface area contributed by atoms with Crippen LogP contribution in [0, 0.1) is 0 Å². The molecule has 2 N–H and O–H groups in total. The number of nitrogens with zero attached hydrogens (tertiary/aromatic N) is 1. The Kier molecular flexibility index (Phi) is 57.7. The molecule has 0 aromatic carbocycles. The summed E-state index contributed by atoms with van der Waals surface area (Å²) in [5, 5.41) is 13.9. The fourth-order valence-electron chi connectivity index (χ4n) is 8.82. The summed E-state index contributed by atoms with van der Waals surface area (Å²) in [5.41, 5.74) is 0. The zero-order valence-electron chi connectivity index (χ0n) is 52.2. The van der Waals surface area contributed by atoms with E-state index in [1.807, 2.05) is 27.2 Å². The second kappa shape index (κ2) is 60.2. The first-order valence-corrected chi connectivity index (χ1v) is 34.0. The summed E-state index contributed by atoms with van der Waals surface area (Å²) in [6.45, 7) is 4.48. The van der Waals surface area contributed by atoms with E-state index in [9.17, 15) is 19.4 Å². The van der Waals surface area contributed by atoms with E-state index in [0.29, 0.717) is 17.4 Å². The average Bonchev–Trinajstić information content (AvgIpc) is 3.42. The maximum absolute atomic E-state index is 13.0. The van der Waals surface area contributed by atoms with Crippen molar-refractivity contribution in [2.45, 2.75) is 270 Å². The average molecular weight is 1130 g/mol. The van der Waals surface area contributed by atoms with Gasteiger partial charge in [0.2, 0.25) is 5.91 Å². The van der Waals surface area contributed by atoms with Gasteiger partial charge in [0.05, 0.1) is 39.9 Å². The van der Waals surface area contributed by atoms with Crippen LogP contribution in [-0.2, 0) is 18.4 Å². The lowest BCUT2D eigenvalue weighted by Crippen LogP contribution is -2.45. The third-order valence-electron chi connectivity index (χ3n) is 13.8. The van der Waals surface area contributed by atoms with Crippen LogP contribution in [0.1, 0.15) is 258 Å². The summed E-state index contributed by atoms with van der Waals surface area (Å²) in [6, 6.07) is -0.947. The second-order valence-corrected chi connectivity index (χ2v) is 24.1. The lowest BCUT2D eigenvalue weighted by molar-refractivity contribution is -0.870. The topological polar surface area (TPSA) is 108 Å². The lowest BCUT2D eigenvalue weighted by atomic mass is 10.0. The first-order valence-electron chi connectivity index (χ1n) is 32.5. The first-order chi connectivity index (χ1) is 39.0. The summed E-state index contributed by atoms with van der Waals surface area (Å²) in [4.78, 5) is 25.5. The molecule has 0 aromatic heterocycles. The van der Waals surface area contributed by atoms with E-state index in [0.717, 1.165) is 83.5 Å². The van der Waals surface area contributed by atoms with Crippen molar-refractivity contribution in [1.29, 1.82) is 0 Å². The minimum Gasteiger partial charge on any atom is -0.756 e. The second-order valence-electron chi connectivity index (χ2n) is 22.7. The number of quaternary nitrogens is 1. The molecule has 0 saturated carbocycles. The van der Waals surface area contributed by atoms with E-state index in [4.69, 9.17) is 9.05 Å². The van der Waals surface area contributed by atoms with Crippen molar-refractivity contribution >= 4 is 13.7 Å². The van der Waals surface area contributed by atoms with Crippen LogP contribution >= 0.6 is 7.82 Å². The third-order valence-corrected chi connectivity index (χ3v) is 14.8. The summed E-state index contributed by atoms with van der Waals surface area (Å²) < 4.78 is 23.4. The van der Waals surface area contributed by atoms with Crippen LogP contribution in [0.25, 0.3) is 0 Å². The van der Waals surface area contributed by atoms with Crippen molar-refractivity contribution in [3.05, 3.63) is 134 Å². The van der Waals surface area contributed by atoms with Crippen LogP contribution in [-0.4, -0.2) is 68.5 Å². The van der Waals surface area contributed by atoms with Gasteiger partial charge in [0.25, 0.3) is 7.82 Å². The Morgan fingerprint density at radius 1 is 0.450 bits per heavy atom. The number of aliphatic hydroxyl groups excluding tert-OH is 1. The number of nitrogens with one attached hydrogen (secondary N) is 1. The SMILES string of the molecule is CC/C=C\C/C=C\C/C=C\C/C=C\C/C=C\C/C=C\C/C=C\C/C=C\C/C=C\CCCC(=O)NC(COP(=O)([O-])OCC[N+](C)(C)C)C(O)/C=C/CC/C=C/CCCCCCCCCCCCCCCCCCCCCCCCC. The Labute approximate surface area is 494 Å². The van der Waals surface area contributed by atoms with E-state index >= 15 is 0 Å². The van der Waals surface area contributed by atoms with E-state index in [2.05, 4.69) is 141 Å². The van der Waals surface area contributed by atoms with Gasteiger partial charge in [0, 0.05) is 6.42 Å². The minimum atomic E-state index is -4.64. The monoisotopic (exact) mass is 1130 g/mol. The maximum atomic E-state index is 13.0. The molecule has 0 aromatic rings. The molecule has 0 fully saturated rings. The predicted molar refractivity (Wildman–Crippen MR) is 348 cm³/mol. The van der Waals surface area contributed by atoms with Gasteiger partial charge in [0.1, 0.15) is 13.2 Å². The van der Waals surface area contributed by atoms with Gasteiger partial charge in [-0.05, 0) is 96.3 Å². The van der Waals surface area contributed by atoms with Crippen molar-refractivity contribution in [3.8, 4) is 0 Å². The maximum Gasteiger partial charge on any atom is 0.268 e. The van der Waals surface area contributed by atoms with Gasteiger partial charge in [-0.15, -0.1) is 0 Å². The highest BCUT2D eigenvalue weighted by atomic mass is 31.2. The van der Waals surface area contributed by atoms with Gasteiger partial charge in [-0.2, -0.15) is 0 Å². The number of hydrogen-bond donors (Lipinski definition) is 2. The number of carbonyl (C=O) groups is 1. The molecule has 8 nitrogen and oxygen atoms in total. The normalized spacial score (nSPS) is 14.6. The molecule has 0 aliphatic carbocycles. The number of amides is 1. The third kappa shape index (κ3) is 62.2. The van der Waals surface area contributed by atoms with Crippen molar-refractivity contribution in [2.75, 3.05) is 40.9 Å². The highest BCUT2D eigenvalue weighted by Crippen LogP contribution is 2.38. The molecule has 3 unspecified atom stereocenters. The molecule has 0 spiro atoms. The number of phosphoric acid groups is 1. The molecule has 0 aliphatic rings. The minimum absolute atomic E-state index is 0.0248. The van der Waals surface area contributed by atoms with Crippen molar-refractivity contribution < 1.29 is 32.9 Å². The summed E-state index contributed by atoms with van der Waals surface area (Å²) in [7, 11) is 1.19. The van der Waals surface area contributed by atoms with Crippen LogP contribution in [0.15, 0.2) is 134 Å². The standard InChI is InChI=1S/C71H123N2O6P/c1-6-8-10-12-14-16-18-20-22-24-26-28-30-32-34-36-38-40-42-44-46-48-50-52-54-56-58-60-62-64-70(74)69(68-79-80(76,77)78-67-66-73(3,4)5)72-71(75)65-63-61-59-57-55-53-51-49-47-45-43-41-39-37-35-33-31-29-27-25-23-21-19-17-15-13-11-9-7-2/h9,11,15,17,21,23,27,29,33,35,39,41,45,47,51,53-54,56-57,59,62,64,69-70,74H,6-8,10,12-14,16,18-20,22,24-26,28,30-32,34,36-38,40,42-44,46,48-50,52,55,58,60-61,63,65-68H2,1-5H3,(H-,72,75,76,77)/b11-9-,17-15-,23-21-,29-27-,35-33-,41-39-,47-45-,53-51-,56-54+,59-57-,64-62+. The number of aliphatic hydroxyl groups is 1. The number of carbonyl (C=O) groups excluding carboxylic acids is 1. The van der Waals surface area contributed by atoms with Gasteiger partial charge in [-0.1, -0.05) is 289 Å². The van der Waals surface area contributed by atoms with Crippen molar-refractivity contribution in [2.24, 2.45) is 0 Å². The molecule has 0 heterocycles. The summed E-state index contributed by atoms with van der Waals surface area (Å²) >= 11 is 0. The molecule has 0 bridgehead atoms. The number of hydrogen-bond acceptors (Lipinski definition) is 6. The highest BCUT2D eigenvalue weighted by Gasteiger charge is 2.23. The Morgan fingerprint density at radius 2 is 0.775 bits per heavy atom. The summed E-state index contributed by atoms with van der Waals surface area (Å²) in [5.74, 6) is -0.268. The number of phosphoric ester groups is 1. The molecular formula is C71H123N2O6P. The Bertz CT molecular complexity index is 1760. The predicted octanol–water partition coefficient (Wildman–Crippen LogP) is 20.0. The molecule has 0 radical (unpaired) electrons. The van der Waals surface area contributed by atoms with Crippen LogP contribution < -0.4 is 10.2 Å². The quantitative estimate of drug-likeness (QED) is 0.0272. The van der Waals surface area contributed by atoms with Crippen molar-refractivity contribution in [3.63, 3.8) is 0 Å². The molecular weight excluding hydrogens is 1010 g/mol. The molecule has 3 atom stereocenters. The van der Waals surface area contributed by atoms with Gasteiger partial charge in [0.15, 0.2) is 0 Å². The van der Waals surface area contributed by atoms with E-state index in [-0.39, 0.29) is 18.9 Å².